The first kappa shape index (κ1) is 26.4. The quantitative estimate of drug-likeness (QED) is 0.239. The zero-order valence-corrected chi connectivity index (χ0v) is 16.1. The molecule has 136 valence electrons. The van der Waals surface area contributed by atoms with Gasteiger partial charge in [0.25, 0.3) is 0 Å². The van der Waals surface area contributed by atoms with Crippen molar-refractivity contribution < 1.29 is 31.2 Å². The summed E-state index contributed by atoms with van der Waals surface area (Å²) in [6.07, 6.45) is 2.30. The second kappa shape index (κ2) is 14.1. The molecule has 1 N–H and O–H groups in total. The molecule has 6 nitrogen and oxygen atoms in total. The van der Waals surface area contributed by atoms with Crippen LogP contribution in [0.2, 0.25) is 0 Å². The average Bonchev–Trinajstić information content (AvgIpc) is 2.42. The lowest BCUT2D eigenvalue weighted by molar-refractivity contribution is -0.870. The van der Waals surface area contributed by atoms with Gasteiger partial charge >= 0.3 is 5.97 Å². The third-order valence-corrected chi connectivity index (χ3v) is 2.54. The van der Waals surface area contributed by atoms with Gasteiger partial charge in [-0.3, -0.25) is 4.79 Å². The molecule has 0 atom stereocenters. The molecule has 0 fully saturated rings. The molecule has 0 aromatic heterocycles. The highest BCUT2D eigenvalue weighted by molar-refractivity contribution is 5.87. The molecule has 0 saturated carbocycles. The lowest BCUT2D eigenvalue weighted by atomic mass is 10.3. The van der Waals surface area contributed by atoms with E-state index in [1.165, 1.54) is 6.08 Å². The summed E-state index contributed by atoms with van der Waals surface area (Å²) in [5, 5.41) is 2.74. The molecule has 0 aliphatic carbocycles. The fraction of sp³-hybridized carbons (Fsp3) is 0.625. The van der Waals surface area contributed by atoms with Gasteiger partial charge in [0, 0.05) is 27.1 Å². The van der Waals surface area contributed by atoms with E-state index in [2.05, 4.69) is 44.4 Å². The minimum atomic E-state index is -0.354. The van der Waals surface area contributed by atoms with Gasteiger partial charge in [0.1, 0.15) is 5.70 Å². The van der Waals surface area contributed by atoms with Crippen molar-refractivity contribution in [2.45, 2.75) is 13.3 Å². The van der Waals surface area contributed by atoms with Crippen LogP contribution in [0.15, 0.2) is 24.9 Å². The third kappa shape index (κ3) is 18.4. The number of likely N-dealkylation sites (N-methyl/N-ethyl adjacent to an activating group) is 1. The summed E-state index contributed by atoms with van der Waals surface area (Å²) in [4.78, 5) is 23.1. The van der Waals surface area contributed by atoms with Crippen LogP contribution in [-0.4, -0.2) is 76.2 Å². The van der Waals surface area contributed by atoms with Crippen molar-refractivity contribution in [1.29, 1.82) is 0 Å². The summed E-state index contributed by atoms with van der Waals surface area (Å²) in [6.45, 7) is 10.9. The van der Waals surface area contributed by atoms with E-state index in [4.69, 9.17) is 0 Å². The lowest BCUT2D eigenvalue weighted by Crippen LogP contribution is -3.00. The van der Waals surface area contributed by atoms with E-state index in [1.54, 1.807) is 25.9 Å². The van der Waals surface area contributed by atoms with Crippen LogP contribution in [0.4, 0.5) is 0 Å². The molecular weight excluding hydrogens is 318 g/mol. The standard InChI is InChI=1S/C9H18N2O.C7H13NO2.ClH/c1-5-9(12)10-7-6-8-11(2,3)4;1-5-10-7(9)6(2)8(3)4;/h5H,1,6-8H2,2-4H3;2,5H2,1,3-4H3;1H. The van der Waals surface area contributed by atoms with Gasteiger partial charge in [-0.15, -0.1) is 0 Å². The Morgan fingerprint density at radius 3 is 2.13 bits per heavy atom. The number of amides is 1. The van der Waals surface area contributed by atoms with Gasteiger partial charge in [0.15, 0.2) is 0 Å². The molecule has 0 rings (SSSR count). The fourth-order valence-corrected chi connectivity index (χ4v) is 1.23. The molecule has 0 spiro atoms. The molecule has 0 aromatic carbocycles. The van der Waals surface area contributed by atoms with Crippen LogP contribution in [-0.2, 0) is 14.3 Å². The highest BCUT2D eigenvalue weighted by Gasteiger charge is 2.08. The number of hydrogen-bond donors (Lipinski definition) is 1. The maximum Gasteiger partial charge on any atom is 0.353 e. The van der Waals surface area contributed by atoms with Gasteiger partial charge in [-0.1, -0.05) is 13.2 Å². The lowest BCUT2D eigenvalue weighted by Gasteiger charge is -2.23. The maximum atomic E-state index is 10.8. The Labute approximate surface area is 147 Å². The van der Waals surface area contributed by atoms with Crippen molar-refractivity contribution in [2.75, 3.05) is 54.9 Å². The summed E-state index contributed by atoms with van der Waals surface area (Å²) in [6, 6.07) is 0. The van der Waals surface area contributed by atoms with Gasteiger partial charge < -0.3 is 31.8 Å². The van der Waals surface area contributed by atoms with Crippen LogP contribution in [0.5, 0.6) is 0 Å². The molecule has 0 aliphatic rings. The topological polar surface area (TPSA) is 58.6 Å². The van der Waals surface area contributed by atoms with E-state index in [-0.39, 0.29) is 24.3 Å². The van der Waals surface area contributed by atoms with Gasteiger partial charge in [0.2, 0.25) is 5.91 Å². The van der Waals surface area contributed by atoms with Crippen molar-refractivity contribution in [3.05, 3.63) is 24.9 Å². The Kier molecular flexibility index (Phi) is 16.2. The molecule has 0 heterocycles. The van der Waals surface area contributed by atoms with Crippen molar-refractivity contribution in [2.24, 2.45) is 0 Å². The number of halogens is 1. The van der Waals surface area contributed by atoms with Gasteiger partial charge in [-0.05, 0) is 13.0 Å². The zero-order valence-electron chi connectivity index (χ0n) is 15.3. The van der Waals surface area contributed by atoms with Crippen LogP contribution >= 0.6 is 0 Å². The zero-order chi connectivity index (χ0) is 17.8. The van der Waals surface area contributed by atoms with Crippen LogP contribution < -0.4 is 17.7 Å². The Morgan fingerprint density at radius 2 is 1.78 bits per heavy atom. The Balaban J connectivity index is -0.000000338. The molecule has 0 aliphatic heterocycles. The molecule has 0 radical (unpaired) electrons. The van der Waals surface area contributed by atoms with Crippen molar-refractivity contribution in [3.63, 3.8) is 0 Å². The molecule has 0 bridgehead atoms. The molecule has 0 unspecified atom stereocenters. The number of carbonyl (C=O) groups is 2. The van der Waals surface area contributed by atoms with Crippen LogP contribution in [0.1, 0.15) is 13.3 Å². The normalized spacial score (nSPS) is 9.48. The summed E-state index contributed by atoms with van der Waals surface area (Å²) in [5.74, 6) is -0.441. The van der Waals surface area contributed by atoms with E-state index < -0.39 is 0 Å². The fourth-order valence-electron chi connectivity index (χ4n) is 1.23. The minimum absolute atomic E-state index is 0. The summed E-state index contributed by atoms with van der Waals surface area (Å²) >= 11 is 0. The Hall–Kier alpha value is -1.53. The number of nitrogens with zero attached hydrogens (tertiary/aromatic N) is 2. The van der Waals surface area contributed by atoms with Crippen molar-refractivity contribution in [1.82, 2.24) is 10.2 Å². The van der Waals surface area contributed by atoms with Gasteiger partial charge in [0.05, 0.1) is 34.3 Å². The molecule has 1 amide bonds. The number of carbonyl (C=O) groups excluding carboxylic acids is 2. The maximum absolute atomic E-state index is 10.8. The highest BCUT2D eigenvalue weighted by atomic mass is 35.5. The summed E-state index contributed by atoms with van der Waals surface area (Å²) in [7, 11) is 9.90. The third-order valence-electron chi connectivity index (χ3n) is 2.54. The predicted octanol–water partition coefficient (Wildman–Crippen LogP) is -1.99. The molecule has 0 saturated heterocycles. The smallest absolute Gasteiger partial charge is 0.353 e. The molecule has 0 aromatic rings. The van der Waals surface area contributed by atoms with Gasteiger partial charge in [-0.25, -0.2) is 4.79 Å². The second-order valence-electron chi connectivity index (χ2n) is 5.92. The van der Waals surface area contributed by atoms with Crippen molar-refractivity contribution >= 4 is 11.9 Å². The summed E-state index contributed by atoms with van der Waals surface area (Å²) < 4.78 is 5.62. The monoisotopic (exact) mass is 349 g/mol. The van der Waals surface area contributed by atoms with E-state index in [0.29, 0.717) is 12.3 Å². The van der Waals surface area contributed by atoms with Crippen LogP contribution in [0.25, 0.3) is 0 Å². The minimum Gasteiger partial charge on any atom is -1.00 e. The van der Waals surface area contributed by atoms with E-state index in [9.17, 15) is 9.59 Å². The Morgan fingerprint density at radius 1 is 1.26 bits per heavy atom. The number of ether oxygens (including phenoxy) is 1. The largest absolute Gasteiger partial charge is 1.00 e. The number of rotatable bonds is 8. The van der Waals surface area contributed by atoms with Crippen molar-refractivity contribution in [3.8, 4) is 0 Å². The first-order valence-electron chi connectivity index (χ1n) is 7.29. The molecular formula is C16H32ClN3O3. The highest BCUT2D eigenvalue weighted by Crippen LogP contribution is 1.96. The number of hydrogen-bond acceptors (Lipinski definition) is 4. The average molecular weight is 350 g/mol. The number of esters is 1. The first-order chi connectivity index (χ1) is 10.0. The second-order valence-corrected chi connectivity index (χ2v) is 5.92. The molecule has 7 heteroatoms. The van der Waals surface area contributed by atoms with Gasteiger partial charge in [-0.2, -0.15) is 0 Å². The summed E-state index contributed by atoms with van der Waals surface area (Å²) in [5.41, 5.74) is 0.377. The first-order valence-corrected chi connectivity index (χ1v) is 7.29. The predicted molar refractivity (Wildman–Crippen MR) is 90.2 cm³/mol. The number of quaternary nitrogens is 1. The van der Waals surface area contributed by atoms with Crippen LogP contribution in [0, 0.1) is 0 Å². The van der Waals surface area contributed by atoms with E-state index in [1.807, 2.05) is 0 Å². The van der Waals surface area contributed by atoms with Crippen LogP contribution in [0.3, 0.4) is 0 Å². The number of nitrogens with one attached hydrogen (secondary N) is 1. The SMILES string of the molecule is C=C(C(=O)OCC)N(C)C.C=CC(=O)NCCC[N+](C)(C)C.[Cl-]. The molecule has 23 heavy (non-hydrogen) atoms. The van der Waals surface area contributed by atoms with E-state index >= 15 is 0 Å². The Bertz CT molecular complexity index is 377. The van der Waals surface area contributed by atoms with E-state index in [0.717, 1.165) is 24.0 Å².